The van der Waals surface area contributed by atoms with Gasteiger partial charge in [-0.1, -0.05) is 0 Å². The minimum atomic E-state index is -0.532. The van der Waals surface area contributed by atoms with Crippen molar-refractivity contribution >= 4 is 22.4 Å². The van der Waals surface area contributed by atoms with E-state index in [0.717, 1.165) is 0 Å². The zero-order chi connectivity index (χ0) is 10.8. The number of fused-ring (bicyclic) bond motifs is 1. The highest BCUT2D eigenvalue weighted by Gasteiger charge is 2.18. The number of rotatable bonds is 3. The first-order valence-electron chi connectivity index (χ1n) is 4.06. The van der Waals surface area contributed by atoms with Crippen LogP contribution in [0.1, 0.15) is 0 Å². The summed E-state index contributed by atoms with van der Waals surface area (Å²) in [6.07, 6.45) is 0. The molecular formula is C7H7N5O3. The van der Waals surface area contributed by atoms with Crippen LogP contribution in [-0.4, -0.2) is 22.3 Å². The topological polar surface area (TPSA) is 106 Å². The van der Waals surface area contributed by atoms with Crippen molar-refractivity contribution in [3.8, 4) is 0 Å². The fourth-order valence-corrected chi connectivity index (χ4v) is 1.24. The van der Waals surface area contributed by atoms with Crippen molar-refractivity contribution in [3.05, 3.63) is 22.2 Å². The smallest absolute Gasteiger partial charge is 0.300 e. The van der Waals surface area contributed by atoms with E-state index in [0.29, 0.717) is 11.2 Å². The lowest BCUT2D eigenvalue weighted by Crippen LogP contribution is -2.15. The maximum Gasteiger partial charge on any atom is 0.300 e. The van der Waals surface area contributed by atoms with Crippen LogP contribution in [0.4, 0.5) is 11.4 Å². The standard InChI is InChI=1S/C7H7N5O3/c1-8-9-4-2-3-5(12(13)14)7-6(4)10-15-11-7/h2-3,8-9H,1H3. The Bertz CT molecular complexity index is 508. The van der Waals surface area contributed by atoms with Crippen LogP contribution in [-0.2, 0) is 0 Å². The second kappa shape index (κ2) is 3.50. The number of hydrogen-bond acceptors (Lipinski definition) is 7. The van der Waals surface area contributed by atoms with Crippen LogP contribution in [0.25, 0.3) is 11.0 Å². The van der Waals surface area contributed by atoms with Crippen molar-refractivity contribution < 1.29 is 9.55 Å². The number of aromatic nitrogens is 2. The van der Waals surface area contributed by atoms with E-state index in [2.05, 4.69) is 25.8 Å². The second-order valence-electron chi connectivity index (χ2n) is 2.73. The van der Waals surface area contributed by atoms with Crippen molar-refractivity contribution in [2.75, 3.05) is 12.5 Å². The van der Waals surface area contributed by atoms with E-state index in [1.165, 1.54) is 12.1 Å². The summed E-state index contributed by atoms with van der Waals surface area (Å²) in [5.41, 5.74) is 6.33. The Balaban J connectivity index is 2.65. The normalized spacial score (nSPS) is 10.5. The molecule has 8 heteroatoms. The van der Waals surface area contributed by atoms with E-state index in [1.807, 2.05) is 0 Å². The minimum absolute atomic E-state index is 0.125. The van der Waals surface area contributed by atoms with Gasteiger partial charge in [0.25, 0.3) is 0 Å². The quantitative estimate of drug-likeness (QED) is 0.565. The number of benzene rings is 1. The zero-order valence-corrected chi connectivity index (χ0v) is 7.72. The van der Waals surface area contributed by atoms with Crippen molar-refractivity contribution in [3.63, 3.8) is 0 Å². The van der Waals surface area contributed by atoms with Crippen LogP contribution in [0.3, 0.4) is 0 Å². The van der Waals surface area contributed by atoms with Gasteiger partial charge in [0, 0.05) is 13.1 Å². The van der Waals surface area contributed by atoms with Gasteiger partial charge >= 0.3 is 5.69 Å². The Labute approximate surface area is 83.3 Å². The number of nitro groups is 1. The highest BCUT2D eigenvalue weighted by atomic mass is 16.6. The molecule has 2 aromatic rings. The molecular weight excluding hydrogens is 202 g/mol. The third-order valence-electron chi connectivity index (χ3n) is 1.85. The maximum atomic E-state index is 10.6. The summed E-state index contributed by atoms with van der Waals surface area (Å²) >= 11 is 0. The van der Waals surface area contributed by atoms with E-state index < -0.39 is 4.92 Å². The summed E-state index contributed by atoms with van der Waals surface area (Å²) in [4.78, 5) is 10.1. The fourth-order valence-electron chi connectivity index (χ4n) is 1.24. The molecule has 0 saturated carbocycles. The molecule has 0 radical (unpaired) electrons. The molecule has 0 fully saturated rings. The van der Waals surface area contributed by atoms with Crippen LogP contribution in [0.5, 0.6) is 0 Å². The van der Waals surface area contributed by atoms with E-state index in [9.17, 15) is 10.1 Å². The fraction of sp³-hybridized carbons (Fsp3) is 0.143. The number of non-ortho nitro benzene ring substituents is 1. The molecule has 2 rings (SSSR count). The Morgan fingerprint density at radius 2 is 2.13 bits per heavy atom. The van der Waals surface area contributed by atoms with Crippen LogP contribution < -0.4 is 10.9 Å². The van der Waals surface area contributed by atoms with E-state index in [4.69, 9.17) is 0 Å². The molecule has 1 heterocycles. The summed E-state index contributed by atoms with van der Waals surface area (Å²) in [5, 5.41) is 17.7. The van der Waals surface area contributed by atoms with Crippen LogP contribution >= 0.6 is 0 Å². The van der Waals surface area contributed by atoms with Crippen molar-refractivity contribution in [1.82, 2.24) is 15.7 Å². The zero-order valence-electron chi connectivity index (χ0n) is 7.72. The molecule has 0 aliphatic rings. The first-order valence-corrected chi connectivity index (χ1v) is 4.06. The Kier molecular flexibility index (Phi) is 2.18. The third kappa shape index (κ3) is 1.46. The predicted octanol–water partition coefficient (Wildman–Crippen LogP) is 0.677. The molecule has 1 aromatic carbocycles. The number of hydrazine groups is 1. The average Bonchev–Trinajstić information content (AvgIpc) is 2.66. The predicted molar refractivity (Wildman–Crippen MR) is 51.1 cm³/mol. The maximum absolute atomic E-state index is 10.6. The molecule has 0 bridgehead atoms. The van der Waals surface area contributed by atoms with Crippen LogP contribution in [0.2, 0.25) is 0 Å². The van der Waals surface area contributed by atoms with Crippen LogP contribution in [0.15, 0.2) is 16.8 Å². The molecule has 0 aliphatic heterocycles. The molecule has 78 valence electrons. The molecule has 2 N–H and O–H groups in total. The molecule has 0 amide bonds. The van der Waals surface area contributed by atoms with Crippen molar-refractivity contribution in [2.45, 2.75) is 0 Å². The average molecular weight is 209 g/mol. The number of hydrogen-bond donors (Lipinski definition) is 2. The number of nitrogens with zero attached hydrogens (tertiary/aromatic N) is 3. The van der Waals surface area contributed by atoms with Gasteiger partial charge in [-0.3, -0.25) is 10.1 Å². The lowest BCUT2D eigenvalue weighted by Gasteiger charge is -2.02. The largest absolute Gasteiger partial charge is 0.320 e. The van der Waals surface area contributed by atoms with E-state index in [1.54, 1.807) is 7.05 Å². The Morgan fingerprint density at radius 3 is 2.80 bits per heavy atom. The lowest BCUT2D eigenvalue weighted by molar-refractivity contribution is -0.383. The molecule has 1 aromatic heterocycles. The summed E-state index contributed by atoms with van der Waals surface area (Å²) < 4.78 is 4.47. The van der Waals surface area contributed by atoms with Gasteiger partial charge in [-0.15, -0.1) is 0 Å². The van der Waals surface area contributed by atoms with E-state index >= 15 is 0 Å². The van der Waals surface area contributed by atoms with Gasteiger partial charge in [0.1, 0.15) is 0 Å². The number of nitro benzene ring substituents is 1. The molecule has 8 nitrogen and oxygen atoms in total. The first kappa shape index (κ1) is 9.34. The van der Waals surface area contributed by atoms with Crippen LogP contribution in [0, 0.1) is 10.1 Å². The monoisotopic (exact) mass is 209 g/mol. The SMILES string of the molecule is CNNc1ccc([N+](=O)[O-])c2nonc12. The van der Waals surface area contributed by atoms with Gasteiger partial charge in [0.05, 0.1) is 10.6 Å². The Morgan fingerprint density at radius 1 is 1.40 bits per heavy atom. The lowest BCUT2D eigenvalue weighted by atomic mass is 10.2. The van der Waals surface area contributed by atoms with Gasteiger partial charge in [-0.25, -0.2) is 10.1 Å². The minimum Gasteiger partial charge on any atom is -0.320 e. The van der Waals surface area contributed by atoms with Gasteiger partial charge < -0.3 is 5.43 Å². The summed E-state index contributed by atoms with van der Waals surface area (Å²) in [7, 11) is 1.67. The number of nitrogens with one attached hydrogen (secondary N) is 2. The molecule has 0 aliphatic carbocycles. The van der Waals surface area contributed by atoms with Gasteiger partial charge in [0.15, 0.2) is 5.52 Å². The summed E-state index contributed by atoms with van der Waals surface area (Å²) in [6, 6.07) is 2.87. The second-order valence-corrected chi connectivity index (χ2v) is 2.73. The molecule has 0 saturated heterocycles. The molecule has 15 heavy (non-hydrogen) atoms. The highest BCUT2D eigenvalue weighted by molar-refractivity contribution is 5.93. The molecule has 0 spiro atoms. The molecule has 0 unspecified atom stereocenters. The third-order valence-corrected chi connectivity index (χ3v) is 1.85. The summed E-state index contributed by atoms with van der Waals surface area (Å²) in [6.45, 7) is 0. The van der Waals surface area contributed by atoms with Crippen molar-refractivity contribution in [1.29, 1.82) is 0 Å². The van der Waals surface area contributed by atoms with Gasteiger partial charge in [0.2, 0.25) is 5.52 Å². The van der Waals surface area contributed by atoms with Gasteiger partial charge in [-0.05, 0) is 16.4 Å². The highest BCUT2D eigenvalue weighted by Crippen LogP contribution is 2.27. The van der Waals surface area contributed by atoms with Crippen molar-refractivity contribution in [2.24, 2.45) is 0 Å². The number of anilines is 1. The van der Waals surface area contributed by atoms with E-state index in [-0.39, 0.29) is 11.2 Å². The summed E-state index contributed by atoms with van der Waals surface area (Å²) in [5.74, 6) is 0. The first-order chi connectivity index (χ1) is 7.24. The molecule has 0 atom stereocenters. The van der Waals surface area contributed by atoms with Gasteiger partial charge in [-0.2, -0.15) is 0 Å². The Hall–Kier alpha value is -2.22.